The molecule has 1 amide bonds. The molecule has 13 heteroatoms. The molecule has 0 bridgehead atoms. The van der Waals surface area contributed by atoms with Gasteiger partial charge < -0.3 is 15.6 Å². The van der Waals surface area contributed by atoms with Crippen LogP contribution in [0.15, 0.2) is 42.7 Å². The van der Waals surface area contributed by atoms with Crippen molar-refractivity contribution >= 4 is 34.2 Å². The number of ether oxygens (including phenoxy) is 1. The molecular weight excluding hydrogens is 576 g/mol. The Hall–Kier alpha value is -3.58. The van der Waals surface area contributed by atoms with Crippen LogP contribution in [0.3, 0.4) is 0 Å². The van der Waals surface area contributed by atoms with Crippen LogP contribution in [0.4, 0.5) is 33.2 Å². The van der Waals surface area contributed by atoms with E-state index < -0.39 is 41.6 Å². The van der Waals surface area contributed by atoms with Crippen molar-refractivity contribution in [3.05, 3.63) is 59.0 Å². The zero-order valence-electron chi connectivity index (χ0n) is 23.2. The highest BCUT2D eigenvalue weighted by Gasteiger charge is 2.35. The summed E-state index contributed by atoms with van der Waals surface area (Å²) in [5.41, 5.74) is 5.00. The minimum atomic E-state index is -4.71. The third-order valence-electron chi connectivity index (χ3n) is 6.49. The second-order valence-electron chi connectivity index (χ2n) is 9.82. The van der Waals surface area contributed by atoms with Gasteiger partial charge in [-0.2, -0.15) is 17.6 Å². The average Bonchev–Trinajstić information content (AvgIpc) is 3.33. The Kier molecular flexibility index (Phi) is 12.2. The minimum absolute atomic E-state index is 0.00497. The predicted molar refractivity (Wildman–Crippen MR) is 152 cm³/mol. The molecule has 1 atom stereocenters. The van der Waals surface area contributed by atoms with E-state index in [-0.39, 0.29) is 41.3 Å². The summed E-state index contributed by atoms with van der Waals surface area (Å²) in [6, 6.07) is 5.78. The largest absolute Gasteiger partial charge is 0.481 e. The van der Waals surface area contributed by atoms with Gasteiger partial charge in [-0.3, -0.25) is 9.78 Å². The van der Waals surface area contributed by atoms with E-state index in [4.69, 9.17) is 15.6 Å². The first-order chi connectivity index (χ1) is 20.0. The quantitative estimate of drug-likeness (QED) is 0.134. The SMILES string of the molecule is CCCCCCCCc1ccc(N(C(=O)OCC(N)CCC(=O)O)c2nc(-c3cccnc3)c(F)s2)cc1C(F)(F)F. The van der Waals surface area contributed by atoms with E-state index in [0.29, 0.717) is 23.3 Å². The molecule has 0 fully saturated rings. The fourth-order valence-corrected chi connectivity index (χ4v) is 5.11. The molecule has 8 nitrogen and oxygen atoms in total. The van der Waals surface area contributed by atoms with Crippen molar-refractivity contribution in [2.24, 2.45) is 5.73 Å². The summed E-state index contributed by atoms with van der Waals surface area (Å²) < 4.78 is 62.8. The number of unbranched alkanes of at least 4 members (excludes halogenated alkanes) is 5. The van der Waals surface area contributed by atoms with Crippen LogP contribution in [0.5, 0.6) is 0 Å². The van der Waals surface area contributed by atoms with E-state index in [1.54, 1.807) is 12.1 Å². The molecule has 0 radical (unpaired) electrons. The van der Waals surface area contributed by atoms with E-state index in [1.807, 2.05) is 0 Å². The van der Waals surface area contributed by atoms with Gasteiger partial charge in [-0.15, -0.1) is 0 Å². The summed E-state index contributed by atoms with van der Waals surface area (Å²) in [4.78, 5) is 33.0. The molecule has 0 saturated heterocycles. The maximum absolute atomic E-state index is 15.0. The van der Waals surface area contributed by atoms with Gasteiger partial charge in [0.05, 0.1) is 11.3 Å². The molecule has 1 aromatic carbocycles. The summed E-state index contributed by atoms with van der Waals surface area (Å²) >= 11 is 0.459. The number of carbonyl (C=O) groups is 2. The number of aliphatic carboxylic acids is 1. The van der Waals surface area contributed by atoms with Crippen LogP contribution in [0.25, 0.3) is 11.3 Å². The summed E-state index contributed by atoms with van der Waals surface area (Å²) in [6.45, 7) is 1.68. The molecule has 2 heterocycles. The third kappa shape index (κ3) is 9.48. The Labute approximate surface area is 245 Å². The highest BCUT2D eigenvalue weighted by Crippen LogP contribution is 2.40. The summed E-state index contributed by atoms with van der Waals surface area (Å²) in [5, 5.41) is 7.82. The fraction of sp³-hybridized carbons (Fsp3) is 0.448. The first-order valence-electron chi connectivity index (χ1n) is 13.7. The number of carboxylic acids is 1. The zero-order valence-corrected chi connectivity index (χ0v) is 24.0. The van der Waals surface area contributed by atoms with Gasteiger partial charge in [0.25, 0.3) is 0 Å². The lowest BCUT2D eigenvalue weighted by Crippen LogP contribution is -2.33. The van der Waals surface area contributed by atoms with Gasteiger partial charge in [-0.25, -0.2) is 14.7 Å². The van der Waals surface area contributed by atoms with Gasteiger partial charge in [0, 0.05) is 30.4 Å². The third-order valence-corrected chi connectivity index (χ3v) is 7.32. The summed E-state index contributed by atoms with van der Waals surface area (Å²) in [5.74, 6) is -1.08. The van der Waals surface area contributed by atoms with Crippen LogP contribution in [-0.4, -0.2) is 39.8 Å². The monoisotopic (exact) mass is 610 g/mol. The molecule has 3 N–H and O–H groups in total. The van der Waals surface area contributed by atoms with Crippen LogP contribution in [-0.2, 0) is 22.1 Å². The van der Waals surface area contributed by atoms with Crippen LogP contribution in [0.2, 0.25) is 0 Å². The highest BCUT2D eigenvalue weighted by molar-refractivity contribution is 7.14. The summed E-state index contributed by atoms with van der Waals surface area (Å²) in [7, 11) is 0. The number of thiazole rings is 1. The molecule has 0 saturated carbocycles. The first-order valence-corrected chi connectivity index (χ1v) is 14.5. The number of aromatic nitrogens is 2. The van der Waals surface area contributed by atoms with Gasteiger partial charge in [-0.1, -0.05) is 56.4 Å². The number of benzene rings is 1. The van der Waals surface area contributed by atoms with Gasteiger partial charge >= 0.3 is 18.2 Å². The molecule has 0 aliphatic heterocycles. The lowest BCUT2D eigenvalue weighted by atomic mass is 9.99. The van der Waals surface area contributed by atoms with Gasteiger partial charge in [0.2, 0.25) is 10.3 Å². The van der Waals surface area contributed by atoms with Crippen LogP contribution in [0, 0.1) is 5.13 Å². The van der Waals surface area contributed by atoms with Crippen LogP contribution in [0.1, 0.15) is 69.4 Å². The Morgan fingerprint density at radius 3 is 2.55 bits per heavy atom. The number of nitrogens with zero attached hydrogens (tertiary/aromatic N) is 3. The maximum Gasteiger partial charge on any atom is 0.420 e. The minimum Gasteiger partial charge on any atom is -0.481 e. The predicted octanol–water partition coefficient (Wildman–Crippen LogP) is 7.73. The van der Waals surface area contributed by atoms with Crippen molar-refractivity contribution in [2.75, 3.05) is 11.5 Å². The first kappa shape index (κ1) is 32.9. The number of pyridine rings is 1. The normalized spacial score (nSPS) is 12.2. The van der Waals surface area contributed by atoms with Crippen molar-refractivity contribution < 1.29 is 37.0 Å². The number of alkyl halides is 3. The van der Waals surface area contributed by atoms with E-state index in [2.05, 4.69) is 16.9 Å². The molecule has 0 spiro atoms. The number of anilines is 2. The molecule has 0 aliphatic rings. The van der Waals surface area contributed by atoms with Crippen LogP contribution < -0.4 is 10.6 Å². The highest BCUT2D eigenvalue weighted by atomic mass is 32.1. The van der Waals surface area contributed by atoms with Crippen molar-refractivity contribution in [2.45, 2.75) is 76.9 Å². The number of nitrogens with two attached hydrogens (primary N) is 1. The Morgan fingerprint density at radius 1 is 1.14 bits per heavy atom. The number of hydrogen-bond donors (Lipinski definition) is 2. The smallest absolute Gasteiger partial charge is 0.420 e. The standard InChI is InChI=1S/C29H34F4N4O4S/c1-2-3-4-5-6-7-9-19-11-13-22(16-23(19)29(31,32)33)37(28(40)41-18-21(34)12-14-24(38)39)27-36-25(26(30)42-27)20-10-8-15-35-17-20/h8,10-11,13,15-17,21H,2-7,9,12,14,18,34H2,1H3,(H,38,39). The number of aryl methyl sites for hydroxylation is 1. The number of carbonyl (C=O) groups excluding carboxylic acids is 1. The van der Waals surface area contributed by atoms with Crippen molar-refractivity contribution in [1.82, 2.24) is 9.97 Å². The topological polar surface area (TPSA) is 119 Å². The van der Waals surface area contributed by atoms with Crippen molar-refractivity contribution in [1.29, 1.82) is 0 Å². The Balaban J connectivity index is 1.94. The number of hydrogen-bond acceptors (Lipinski definition) is 7. The second kappa shape index (κ2) is 15.6. The summed E-state index contributed by atoms with van der Waals surface area (Å²) in [6.07, 6.45) is 2.46. The molecule has 1 unspecified atom stereocenters. The van der Waals surface area contributed by atoms with Gasteiger partial charge in [0.15, 0.2) is 0 Å². The van der Waals surface area contributed by atoms with Crippen LogP contribution >= 0.6 is 11.3 Å². The molecule has 0 aliphatic carbocycles. The number of carboxylic acid groups (broad SMARTS) is 1. The second-order valence-corrected chi connectivity index (χ2v) is 10.7. The number of amides is 1. The van der Waals surface area contributed by atoms with Crippen molar-refractivity contribution in [3.63, 3.8) is 0 Å². The lowest BCUT2D eigenvalue weighted by molar-refractivity contribution is -0.138. The van der Waals surface area contributed by atoms with E-state index in [9.17, 15) is 22.8 Å². The zero-order chi connectivity index (χ0) is 30.7. The van der Waals surface area contributed by atoms with E-state index in [0.717, 1.165) is 43.1 Å². The van der Waals surface area contributed by atoms with Gasteiger partial charge in [0.1, 0.15) is 12.3 Å². The van der Waals surface area contributed by atoms with E-state index in [1.165, 1.54) is 24.5 Å². The fourth-order valence-electron chi connectivity index (χ4n) is 4.28. The number of rotatable bonds is 15. The molecular formula is C29H34F4N4O4S. The Morgan fingerprint density at radius 2 is 1.88 bits per heavy atom. The van der Waals surface area contributed by atoms with Gasteiger partial charge in [-0.05, 0) is 49.1 Å². The molecule has 3 rings (SSSR count). The van der Waals surface area contributed by atoms with E-state index >= 15 is 4.39 Å². The lowest BCUT2D eigenvalue weighted by Gasteiger charge is -2.23. The maximum atomic E-state index is 15.0. The number of halogens is 4. The van der Waals surface area contributed by atoms with Crippen molar-refractivity contribution in [3.8, 4) is 11.3 Å². The molecule has 228 valence electrons. The molecule has 2 aromatic heterocycles. The molecule has 3 aromatic rings. The Bertz CT molecular complexity index is 1320. The molecule has 42 heavy (non-hydrogen) atoms. The average molecular weight is 611 g/mol.